The first-order valence-corrected chi connectivity index (χ1v) is 5.80. The van der Waals surface area contributed by atoms with Crippen molar-refractivity contribution in [3.05, 3.63) is 52.9 Å². The van der Waals surface area contributed by atoms with Crippen LogP contribution in [0.3, 0.4) is 0 Å². The molecular weight excluding hydrogens is 253 g/mol. The van der Waals surface area contributed by atoms with Crippen LogP contribution in [0.25, 0.3) is 17.0 Å². The molecule has 0 N–H and O–H groups in total. The van der Waals surface area contributed by atoms with Crippen molar-refractivity contribution in [3.8, 4) is 11.4 Å². The Morgan fingerprint density at radius 2 is 2.06 bits per heavy atom. The average molecular weight is 262 g/mol. The van der Waals surface area contributed by atoms with Gasteiger partial charge in [0, 0.05) is 6.20 Å². The lowest BCUT2D eigenvalue weighted by atomic mass is 10.2. The summed E-state index contributed by atoms with van der Waals surface area (Å²) in [4.78, 5) is 4.27. The number of fused-ring (bicyclic) bond motifs is 1. The summed E-state index contributed by atoms with van der Waals surface area (Å²) in [6.07, 6.45) is 1.83. The summed E-state index contributed by atoms with van der Waals surface area (Å²) in [6, 6.07) is 8.29. The maximum Gasteiger partial charge on any atom is 0.186 e. The maximum absolute atomic E-state index is 13.8. The Morgan fingerprint density at radius 1 is 1.22 bits per heavy atom. The van der Waals surface area contributed by atoms with Gasteiger partial charge in [0.05, 0.1) is 10.6 Å². The van der Waals surface area contributed by atoms with E-state index in [2.05, 4.69) is 10.1 Å². The zero-order chi connectivity index (χ0) is 12.7. The van der Waals surface area contributed by atoms with Crippen molar-refractivity contribution in [2.24, 2.45) is 0 Å². The molecule has 0 atom stereocenters. The third kappa shape index (κ3) is 1.75. The molecule has 2 heterocycles. The number of halogens is 2. The normalized spacial score (nSPS) is 11.1. The standard InChI is InChI=1S/C13H9ClFN3/c1-8-5-6-11-16-13(17-18(11)7-8)12-9(14)3-2-4-10(12)15/h2-7H,1H3. The summed E-state index contributed by atoms with van der Waals surface area (Å²) in [6.45, 7) is 1.96. The zero-order valence-electron chi connectivity index (χ0n) is 9.56. The van der Waals surface area contributed by atoms with Crippen LogP contribution in [0.1, 0.15) is 5.56 Å². The van der Waals surface area contributed by atoms with Gasteiger partial charge in [-0.25, -0.2) is 13.9 Å². The van der Waals surface area contributed by atoms with Gasteiger partial charge < -0.3 is 0 Å². The molecular formula is C13H9ClFN3. The molecule has 18 heavy (non-hydrogen) atoms. The first-order chi connectivity index (χ1) is 8.65. The molecule has 0 aliphatic rings. The summed E-state index contributed by atoms with van der Waals surface area (Å²) < 4.78 is 15.4. The second-order valence-electron chi connectivity index (χ2n) is 4.04. The molecule has 0 radical (unpaired) electrons. The Balaban J connectivity index is 2.26. The van der Waals surface area contributed by atoms with Gasteiger partial charge >= 0.3 is 0 Å². The Labute approximate surface area is 108 Å². The maximum atomic E-state index is 13.8. The van der Waals surface area contributed by atoms with E-state index in [4.69, 9.17) is 11.6 Å². The number of nitrogens with zero attached hydrogens (tertiary/aromatic N) is 3. The lowest BCUT2D eigenvalue weighted by Crippen LogP contribution is -1.90. The predicted molar refractivity (Wildman–Crippen MR) is 68.1 cm³/mol. The second-order valence-corrected chi connectivity index (χ2v) is 4.45. The minimum atomic E-state index is -0.421. The van der Waals surface area contributed by atoms with Crippen LogP contribution in [0.5, 0.6) is 0 Å². The molecule has 0 saturated heterocycles. The highest BCUT2D eigenvalue weighted by molar-refractivity contribution is 6.33. The van der Waals surface area contributed by atoms with Crippen molar-refractivity contribution >= 4 is 17.2 Å². The number of rotatable bonds is 1. The molecule has 2 aromatic heterocycles. The van der Waals surface area contributed by atoms with E-state index in [0.29, 0.717) is 16.5 Å². The highest BCUT2D eigenvalue weighted by Gasteiger charge is 2.14. The van der Waals surface area contributed by atoms with Crippen LogP contribution in [-0.2, 0) is 0 Å². The van der Waals surface area contributed by atoms with Crippen LogP contribution >= 0.6 is 11.6 Å². The number of aromatic nitrogens is 3. The van der Waals surface area contributed by atoms with E-state index in [0.717, 1.165) is 5.56 Å². The smallest absolute Gasteiger partial charge is 0.186 e. The fraction of sp³-hybridized carbons (Fsp3) is 0.0769. The molecule has 3 aromatic rings. The van der Waals surface area contributed by atoms with Crippen molar-refractivity contribution < 1.29 is 4.39 Å². The van der Waals surface area contributed by atoms with Gasteiger partial charge in [0.25, 0.3) is 0 Å². The van der Waals surface area contributed by atoms with E-state index >= 15 is 0 Å². The lowest BCUT2D eigenvalue weighted by Gasteiger charge is -1.99. The van der Waals surface area contributed by atoms with E-state index < -0.39 is 5.82 Å². The molecule has 3 rings (SSSR count). The summed E-state index contributed by atoms with van der Waals surface area (Å²) in [7, 11) is 0. The van der Waals surface area contributed by atoms with Crippen molar-refractivity contribution in [2.45, 2.75) is 6.92 Å². The fourth-order valence-electron chi connectivity index (χ4n) is 1.80. The molecule has 0 spiro atoms. The van der Waals surface area contributed by atoms with E-state index in [9.17, 15) is 4.39 Å². The van der Waals surface area contributed by atoms with Gasteiger partial charge in [-0.15, -0.1) is 5.10 Å². The van der Waals surface area contributed by atoms with E-state index in [1.807, 2.05) is 25.3 Å². The van der Waals surface area contributed by atoms with Gasteiger partial charge in [-0.3, -0.25) is 0 Å². The number of aryl methyl sites for hydroxylation is 1. The van der Waals surface area contributed by atoms with Gasteiger partial charge in [0.2, 0.25) is 0 Å². The SMILES string of the molecule is Cc1ccc2nc(-c3c(F)cccc3Cl)nn2c1. The van der Waals surface area contributed by atoms with Crippen LogP contribution in [0.4, 0.5) is 4.39 Å². The van der Waals surface area contributed by atoms with Crippen molar-refractivity contribution in [1.82, 2.24) is 14.6 Å². The molecule has 3 nitrogen and oxygen atoms in total. The highest BCUT2D eigenvalue weighted by atomic mass is 35.5. The molecule has 0 saturated carbocycles. The molecule has 0 bridgehead atoms. The minimum Gasteiger partial charge on any atom is -0.220 e. The third-order valence-electron chi connectivity index (χ3n) is 2.67. The van der Waals surface area contributed by atoms with Gasteiger partial charge in [-0.1, -0.05) is 23.7 Å². The van der Waals surface area contributed by atoms with E-state index in [-0.39, 0.29) is 5.56 Å². The fourth-order valence-corrected chi connectivity index (χ4v) is 2.05. The molecule has 0 amide bonds. The van der Waals surface area contributed by atoms with Crippen LogP contribution in [0, 0.1) is 12.7 Å². The van der Waals surface area contributed by atoms with Gasteiger partial charge in [0.1, 0.15) is 5.82 Å². The zero-order valence-corrected chi connectivity index (χ0v) is 10.3. The van der Waals surface area contributed by atoms with Crippen molar-refractivity contribution in [2.75, 3.05) is 0 Å². The van der Waals surface area contributed by atoms with Crippen LogP contribution < -0.4 is 0 Å². The van der Waals surface area contributed by atoms with E-state index in [1.54, 1.807) is 16.6 Å². The number of pyridine rings is 1. The van der Waals surface area contributed by atoms with Crippen molar-refractivity contribution in [1.29, 1.82) is 0 Å². The van der Waals surface area contributed by atoms with Crippen LogP contribution in [0.15, 0.2) is 36.5 Å². The summed E-state index contributed by atoms with van der Waals surface area (Å²) in [5.74, 6) is -0.126. The topological polar surface area (TPSA) is 30.2 Å². The van der Waals surface area contributed by atoms with Crippen LogP contribution in [-0.4, -0.2) is 14.6 Å². The number of benzene rings is 1. The Kier molecular flexibility index (Phi) is 2.52. The quantitative estimate of drug-likeness (QED) is 0.671. The number of hydrogen-bond acceptors (Lipinski definition) is 2. The molecule has 5 heteroatoms. The van der Waals surface area contributed by atoms with Gasteiger partial charge in [-0.2, -0.15) is 0 Å². The molecule has 0 fully saturated rings. The summed E-state index contributed by atoms with van der Waals surface area (Å²) in [5.41, 5.74) is 1.95. The van der Waals surface area contributed by atoms with E-state index in [1.165, 1.54) is 6.07 Å². The Hall–Kier alpha value is -1.94. The molecule has 0 aliphatic carbocycles. The third-order valence-corrected chi connectivity index (χ3v) is 2.98. The van der Waals surface area contributed by atoms with Crippen LogP contribution in [0.2, 0.25) is 5.02 Å². The highest BCUT2D eigenvalue weighted by Crippen LogP contribution is 2.28. The second kappa shape index (κ2) is 4.07. The largest absolute Gasteiger partial charge is 0.220 e. The Bertz CT molecular complexity index is 716. The van der Waals surface area contributed by atoms with Gasteiger partial charge in [0.15, 0.2) is 11.5 Å². The monoisotopic (exact) mass is 261 g/mol. The van der Waals surface area contributed by atoms with Gasteiger partial charge in [-0.05, 0) is 30.7 Å². The first-order valence-electron chi connectivity index (χ1n) is 5.42. The van der Waals surface area contributed by atoms with Crippen molar-refractivity contribution in [3.63, 3.8) is 0 Å². The molecule has 1 aromatic carbocycles. The lowest BCUT2D eigenvalue weighted by molar-refractivity contribution is 0.630. The number of hydrogen-bond donors (Lipinski definition) is 0. The summed E-state index contributed by atoms with van der Waals surface area (Å²) >= 11 is 5.99. The Morgan fingerprint density at radius 3 is 2.83 bits per heavy atom. The minimum absolute atomic E-state index is 0.237. The molecule has 0 aliphatic heterocycles. The predicted octanol–water partition coefficient (Wildman–Crippen LogP) is 3.50. The molecule has 90 valence electrons. The average Bonchev–Trinajstić information content (AvgIpc) is 2.71. The molecule has 0 unspecified atom stereocenters. The summed E-state index contributed by atoms with van der Waals surface area (Å²) in [5, 5.41) is 4.55. The first kappa shape index (κ1) is 11.2.